The first-order chi connectivity index (χ1) is 14.2. The van der Waals surface area contributed by atoms with Gasteiger partial charge in [0.25, 0.3) is 0 Å². The molecule has 0 atom stereocenters. The minimum atomic E-state index is -0.163. The van der Waals surface area contributed by atoms with Gasteiger partial charge >= 0.3 is 6.03 Å². The molecule has 1 N–H and O–H groups in total. The zero-order valence-electron chi connectivity index (χ0n) is 16.3. The Labute approximate surface area is 173 Å². The van der Waals surface area contributed by atoms with Crippen LogP contribution in [-0.4, -0.2) is 41.2 Å². The second kappa shape index (κ2) is 8.48. The lowest BCUT2D eigenvalue weighted by Gasteiger charge is -2.23. The number of carbonyl (C=O) groups is 1. The van der Waals surface area contributed by atoms with Crippen LogP contribution in [0.3, 0.4) is 0 Å². The minimum Gasteiger partial charge on any atom is -0.497 e. The van der Waals surface area contributed by atoms with Gasteiger partial charge in [0.2, 0.25) is 0 Å². The molecular formula is C21H22N4O3S. The monoisotopic (exact) mass is 410 g/mol. The van der Waals surface area contributed by atoms with Crippen LogP contribution in [-0.2, 0) is 6.54 Å². The van der Waals surface area contributed by atoms with Crippen molar-refractivity contribution in [3.8, 4) is 22.8 Å². The van der Waals surface area contributed by atoms with Crippen LogP contribution < -0.4 is 14.8 Å². The van der Waals surface area contributed by atoms with Gasteiger partial charge < -0.3 is 14.4 Å². The van der Waals surface area contributed by atoms with Crippen molar-refractivity contribution in [3.05, 3.63) is 53.7 Å². The van der Waals surface area contributed by atoms with Crippen LogP contribution >= 0.6 is 11.3 Å². The highest BCUT2D eigenvalue weighted by atomic mass is 32.1. The third-order valence-electron chi connectivity index (χ3n) is 4.75. The van der Waals surface area contributed by atoms with Gasteiger partial charge in [0.15, 0.2) is 5.13 Å². The Morgan fingerprint density at radius 2 is 2.14 bits per heavy atom. The minimum absolute atomic E-state index is 0.163. The third kappa shape index (κ3) is 4.48. The molecule has 1 fully saturated rings. The molecule has 29 heavy (non-hydrogen) atoms. The van der Waals surface area contributed by atoms with Crippen molar-refractivity contribution in [2.45, 2.75) is 25.4 Å². The molecule has 0 saturated heterocycles. The number of aromatic nitrogens is 2. The molecule has 0 spiro atoms. The molecule has 150 valence electrons. The number of nitrogens with zero attached hydrogens (tertiary/aromatic N) is 3. The summed E-state index contributed by atoms with van der Waals surface area (Å²) in [7, 11) is 3.25. The fraction of sp³-hybridized carbons (Fsp3) is 0.286. The van der Waals surface area contributed by atoms with Crippen molar-refractivity contribution in [1.29, 1.82) is 0 Å². The van der Waals surface area contributed by atoms with E-state index in [0.29, 0.717) is 11.7 Å². The number of methoxy groups -OCH3 is 2. The van der Waals surface area contributed by atoms with Crippen LogP contribution in [0.4, 0.5) is 9.93 Å². The molecule has 2 aromatic heterocycles. The fourth-order valence-electron chi connectivity index (χ4n) is 3.08. The number of nitrogens with one attached hydrogen (secondary N) is 1. The number of rotatable bonds is 7. The molecule has 2 amide bonds. The highest BCUT2D eigenvalue weighted by Gasteiger charge is 2.33. The van der Waals surface area contributed by atoms with E-state index < -0.39 is 0 Å². The normalized spacial score (nSPS) is 13.0. The van der Waals surface area contributed by atoms with Gasteiger partial charge in [-0.1, -0.05) is 0 Å². The number of urea groups is 1. The number of thiazole rings is 1. The molecule has 8 heteroatoms. The van der Waals surface area contributed by atoms with E-state index in [2.05, 4.69) is 15.3 Å². The Hall–Kier alpha value is -3.13. The van der Waals surface area contributed by atoms with Crippen LogP contribution in [0.2, 0.25) is 0 Å². The van der Waals surface area contributed by atoms with Crippen molar-refractivity contribution in [3.63, 3.8) is 0 Å². The number of carbonyl (C=O) groups excluding carboxylic acids is 1. The van der Waals surface area contributed by atoms with E-state index in [0.717, 1.165) is 41.2 Å². The number of benzene rings is 1. The van der Waals surface area contributed by atoms with Gasteiger partial charge in [0, 0.05) is 34.9 Å². The average Bonchev–Trinajstić information content (AvgIpc) is 3.50. The molecule has 1 saturated carbocycles. The molecule has 0 aliphatic heterocycles. The summed E-state index contributed by atoms with van der Waals surface area (Å²) in [6, 6.07) is 9.49. The van der Waals surface area contributed by atoms with Gasteiger partial charge in [0.05, 0.1) is 26.5 Å². The highest BCUT2D eigenvalue weighted by molar-refractivity contribution is 7.14. The SMILES string of the molecule is COc1ccc(OC)c(CN(C(=O)Nc2nc(-c3cccnc3)cs2)C2CC2)c1. The van der Waals surface area contributed by atoms with E-state index in [1.807, 2.05) is 40.6 Å². The summed E-state index contributed by atoms with van der Waals surface area (Å²) in [4.78, 5) is 23.5. The molecular weight excluding hydrogens is 388 g/mol. The van der Waals surface area contributed by atoms with E-state index in [4.69, 9.17) is 9.47 Å². The Kier molecular flexibility index (Phi) is 5.62. The van der Waals surface area contributed by atoms with Gasteiger partial charge in [-0.05, 0) is 43.2 Å². The van der Waals surface area contributed by atoms with Gasteiger partial charge in [-0.15, -0.1) is 11.3 Å². The number of hydrogen-bond donors (Lipinski definition) is 1. The lowest BCUT2D eigenvalue weighted by atomic mass is 10.1. The Morgan fingerprint density at radius 1 is 1.28 bits per heavy atom. The first-order valence-corrected chi connectivity index (χ1v) is 10.2. The standard InChI is InChI=1S/C21H22N4O3S/c1-27-17-7-8-19(28-2)15(10-17)12-25(16-5-6-16)21(26)24-20-23-18(13-29-20)14-4-3-9-22-11-14/h3-4,7-11,13,16H,5-6,12H2,1-2H3,(H,23,24,26). The van der Waals surface area contributed by atoms with Crippen LogP contribution in [0.25, 0.3) is 11.3 Å². The van der Waals surface area contributed by atoms with E-state index in [1.54, 1.807) is 26.6 Å². The summed E-state index contributed by atoms with van der Waals surface area (Å²) in [6.07, 6.45) is 5.47. The molecule has 2 heterocycles. The van der Waals surface area contributed by atoms with Crippen molar-refractivity contribution >= 4 is 22.5 Å². The number of hydrogen-bond acceptors (Lipinski definition) is 6. The van der Waals surface area contributed by atoms with Gasteiger partial charge in [-0.2, -0.15) is 0 Å². The number of ether oxygens (including phenoxy) is 2. The molecule has 1 aliphatic carbocycles. The second-order valence-corrected chi connectivity index (χ2v) is 7.60. The number of pyridine rings is 1. The highest BCUT2D eigenvalue weighted by Crippen LogP contribution is 2.33. The number of anilines is 1. The molecule has 0 unspecified atom stereocenters. The first kappa shape index (κ1) is 19.2. The summed E-state index contributed by atoms with van der Waals surface area (Å²) >= 11 is 1.40. The number of amides is 2. The Balaban J connectivity index is 1.50. The predicted octanol–water partition coefficient (Wildman–Crippen LogP) is 4.42. The molecule has 3 aromatic rings. The maximum Gasteiger partial charge on any atom is 0.324 e. The zero-order valence-corrected chi connectivity index (χ0v) is 17.1. The Morgan fingerprint density at radius 3 is 2.83 bits per heavy atom. The maximum atomic E-state index is 13.0. The summed E-state index contributed by atoms with van der Waals surface area (Å²) in [6.45, 7) is 0.442. The van der Waals surface area contributed by atoms with Gasteiger partial charge in [-0.25, -0.2) is 9.78 Å². The fourth-order valence-corrected chi connectivity index (χ4v) is 3.79. The van der Waals surface area contributed by atoms with Gasteiger partial charge in [-0.3, -0.25) is 10.3 Å². The second-order valence-electron chi connectivity index (χ2n) is 6.75. The van der Waals surface area contributed by atoms with Crippen LogP contribution in [0.1, 0.15) is 18.4 Å². The van der Waals surface area contributed by atoms with Crippen molar-refractivity contribution in [2.24, 2.45) is 0 Å². The zero-order chi connectivity index (χ0) is 20.2. The molecule has 7 nitrogen and oxygen atoms in total. The summed E-state index contributed by atoms with van der Waals surface area (Å²) in [5, 5.41) is 5.42. The molecule has 4 rings (SSSR count). The van der Waals surface area contributed by atoms with E-state index in [-0.39, 0.29) is 12.1 Å². The van der Waals surface area contributed by atoms with Crippen LogP contribution in [0, 0.1) is 0 Å². The topological polar surface area (TPSA) is 76.6 Å². The molecule has 1 aromatic carbocycles. The first-order valence-electron chi connectivity index (χ1n) is 9.32. The summed E-state index contributed by atoms with van der Waals surface area (Å²) < 4.78 is 10.8. The molecule has 0 radical (unpaired) electrons. The summed E-state index contributed by atoms with van der Waals surface area (Å²) in [5.74, 6) is 1.47. The Bertz CT molecular complexity index is 989. The van der Waals surface area contributed by atoms with Crippen molar-refractivity contribution < 1.29 is 14.3 Å². The van der Waals surface area contributed by atoms with E-state index in [1.165, 1.54) is 11.3 Å². The predicted molar refractivity (Wildman–Crippen MR) is 112 cm³/mol. The third-order valence-corrected chi connectivity index (χ3v) is 5.51. The van der Waals surface area contributed by atoms with Crippen LogP contribution in [0.15, 0.2) is 48.1 Å². The average molecular weight is 410 g/mol. The van der Waals surface area contributed by atoms with E-state index in [9.17, 15) is 4.79 Å². The van der Waals surface area contributed by atoms with E-state index >= 15 is 0 Å². The smallest absolute Gasteiger partial charge is 0.324 e. The van der Waals surface area contributed by atoms with Crippen molar-refractivity contribution in [1.82, 2.24) is 14.9 Å². The van der Waals surface area contributed by atoms with Crippen molar-refractivity contribution in [2.75, 3.05) is 19.5 Å². The largest absolute Gasteiger partial charge is 0.497 e. The van der Waals surface area contributed by atoms with Gasteiger partial charge in [0.1, 0.15) is 11.5 Å². The lowest BCUT2D eigenvalue weighted by molar-refractivity contribution is 0.205. The molecule has 1 aliphatic rings. The maximum absolute atomic E-state index is 13.0. The lowest BCUT2D eigenvalue weighted by Crippen LogP contribution is -2.36. The molecule has 0 bridgehead atoms. The van der Waals surface area contributed by atoms with Crippen LogP contribution in [0.5, 0.6) is 11.5 Å². The summed E-state index contributed by atoms with van der Waals surface area (Å²) in [5.41, 5.74) is 2.62. The quantitative estimate of drug-likeness (QED) is 0.624.